The zero-order chi connectivity index (χ0) is 17.1. The van der Waals surface area contributed by atoms with E-state index in [1.54, 1.807) is 11.3 Å². The fourth-order valence-corrected chi connectivity index (χ4v) is 4.46. The van der Waals surface area contributed by atoms with Gasteiger partial charge in [-0.15, -0.1) is 11.3 Å². The van der Waals surface area contributed by atoms with Gasteiger partial charge in [-0.2, -0.15) is 0 Å². The average molecular weight is 350 g/mol. The first-order chi connectivity index (χ1) is 12.3. The van der Waals surface area contributed by atoms with Gasteiger partial charge in [0, 0.05) is 19.5 Å². The maximum absolute atomic E-state index is 12.5. The van der Waals surface area contributed by atoms with Crippen LogP contribution in [0.1, 0.15) is 35.4 Å². The molecule has 0 aliphatic carbocycles. The zero-order valence-corrected chi connectivity index (χ0v) is 15.1. The number of unbranched alkanes of at least 4 members (excludes halogenated alkanes) is 1. The van der Waals surface area contributed by atoms with Gasteiger partial charge in [0.15, 0.2) is 0 Å². The molecule has 0 unspecified atom stereocenters. The van der Waals surface area contributed by atoms with E-state index in [1.807, 2.05) is 11.0 Å². The van der Waals surface area contributed by atoms with Crippen LogP contribution in [-0.4, -0.2) is 22.3 Å². The van der Waals surface area contributed by atoms with Gasteiger partial charge in [0.25, 0.3) is 0 Å². The first-order valence-electron chi connectivity index (χ1n) is 8.98. The molecule has 0 bridgehead atoms. The minimum Gasteiger partial charge on any atom is -0.338 e. The maximum atomic E-state index is 12.5. The summed E-state index contributed by atoms with van der Waals surface area (Å²) in [6.45, 7) is 1.63. The van der Waals surface area contributed by atoms with Crippen LogP contribution in [0.2, 0.25) is 0 Å². The molecule has 25 heavy (non-hydrogen) atoms. The maximum Gasteiger partial charge on any atom is 0.222 e. The smallest absolute Gasteiger partial charge is 0.222 e. The van der Waals surface area contributed by atoms with Crippen molar-refractivity contribution in [3.8, 4) is 0 Å². The number of hydrogen-bond acceptors (Lipinski definition) is 3. The van der Waals surface area contributed by atoms with Crippen LogP contribution in [0.4, 0.5) is 0 Å². The Morgan fingerprint density at radius 2 is 1.84 bits per heavy atom. The monoisotopic (exact) mass is 350 g/mol. The summed E-state index contributed by atoms with van der Waals surface area (Å²) in [4.78, 5) is 19.2. The van der Waals surface area contributed by atoms with Crippen LogP contribution in [0, 0.1) is 0 Å². The van der Waals surface area contributed by atoms with Gasteiger partial charge in [0.1, 0.15) is 0 Å². The summed E-state index contributed by atoms with van der Waals surface area (Å²) in [5, 5.41) is 1.18. The van der Waals surface area contributed by atoms with E-state index in [0.717, 1.165) is 44.3 Å². The van der Waals surface area contributed by atoms with E-state index in [1.165, 1.54) is 20.8 Å². The van der Waals surface area contributed by atoms with Crippen molar-refractivity contribution in [2.24, 2.45) is 0 Å². The lowest BCUT2D eigenvalue weighted by molar-refractivity contribution is -0.132. The number of benzene rings is 2. The number of aryl methyl sites for hydroxylation is 1. The highest BCUT2D eigenvalue weighted by molar-refractivity contribution is 7.18. The van der Waals surface area contributed by atoms with Gasteiger partial charge in [0.05, 0.1) is 15.2 Å². The molecule has 0 N–H and O–H groups in total. The van der Waals surface area contributed by atoms with E-state index in [2.05, 4.69) is 47.4 Å². The van der Waals surface area contributed by atoms with Crippen molar-refractivity contribution in [1.82, 2.24) is 9.88 Å². The second-order valence-electron chi connectivity index (χ2n) is 6.62. The van der Waals surface area contributed by atoms with Crippen LogP contribution in [0.15, 0.2) is 48.5 Å². The topological polar surface area (TPSA) is 33.2 Å². The Morgan fingerprint density at radius 1 is 1.04 bits per heavy atom. The predicted octanol–water partition coefficient (Wildman–Crippen LogP) is 4.59. The molecular weight excluding hydrogens is 328 g/mol. The Labute approximate surface area is 152 Å². The van der Waals surface area contributed by atoms with E-state index in [-0.39, 0.29) is 0 Å². The molecule has 1 aromatic heterocycles. The molecule has 0 atom stereocenters. The molecule has 0 saturated carbocycles. The van der Waals surface area contributed by atoms with Crippen molar-refractivity contribution in [2.45, 2.75) is 38.6 Å². The Balaban J connectivity index is 1.25. The average Bonchev–Trinajstić information content (AvgIpc) is 3.07. The Morgan fingerprint density at radius 3 is 2.72 bits per heavy atom. The van der Waals surface area contributed by atoms with Gasteiger partial charge in [-0.1, -0.05) is 36.4 Å². The largest absolute Gasteiger partial charge is 0.338 e. The molecule has 0 radical (unpaired) electrons. The van der Waals surface area contributed by atoms with E-state index < -0.39 is 0 Å². The van der Waals surface area contributed by atoms with Crippen molar-refractivity contribution in [3.63, 3.8) is 0 Å². The van der Waals surface area contributed by atoms with Gasteiger partial charge in [-0.25, -0.2) is 4.98 Å². The molecule has 4 heteroatoms. The highest BCUT2D eigenvalue weighted by Gasteiger charge is 2.19. The Kier molecular flexibility index (Phi) is 4.79. The number of carbonyl (C=O) groups excluding carboxylic acids is 1. The quantitative estimate of drug-likeness (QED) is 0.630. The van der Waals surface area contributed by atoms with E-state index in [9.17, 15) is 4.79 Å². The third kappa shape index (κ3) is 3.74. The lowest BCUT2D eigenvalue weighted by Crippen LogP contribution is -2.35. The molecule has 0 saturated heterocycles. The van der Waals surface area contributed by atoms with Crippen LogP contribution in [0.25, 0.3) is 10.2 Å². The van der Waals surface area contributed by atoms with Crippen LogP contribution < -0.4 is 0 Å². The standard InChI is InChI=1S/C21H22N2OS/c24-21(23-14-13-16-7-1-2-8-17(16)15-23)12-6-5-11-20-22-18-9-3-4-10-19(18)25-20/h1-4,7-10H,5-6,11-15H2. The Hall–Kier alpha value is -2.20. The van der Waals surface area contributed by atoms with Gasteiger partial charge in [0.2, 0.25) is 5.91 Å². The molecule has 1 aliphatic rings. The number of aromatic nitrogens is 1. The molecule has 4 rings (SSSR count). The summed E-state index contributed by atoms with van der Waals surface area (Å²) >= 11 is 1.77. The zero-order valence-electron chi connectivity index (χ0n) is 14.3. The molecular formula is C21H22N2OS. The minimum atomic E-state index is 0.291. The second-order valence-corrected chi connectivity index (χ2v) is 7.73. The van der Waals surface area contributed by atoms with Gasteiger partial charge in [-0.3, -0.25) is 4.79 Å². The summed E-state index contributed by atoms with van der Waals surface area (Å²) in [5.41, 5.74) is 3.78. The predicted molar refractivity (Wildman–Crippen MR) is 103 cm³/mol. The normalized spacial score (nSPS) is 13.8. The summed E-state index contributed by atoms with van der Waals surface area (Å²) in [7, 11) is 0. The number of nitrogens with zero attached hydrogens (tertiary/aromatic N) is 2. The lowest BCUT2D eigenvalue weighted by atomic mass is 9.99. The third-order valence-electron chi connectivity index (χ3n) is 4.85. The van der Waals surface area contributed by atoms with Crippen LogP contribution in [0.3, 0.4) is 0 Å². The molecule has 0 spiro atoms. The van der Waals surface area contributed by atoms with Gasteiger partial charge >= 0.3 is 0 Å². The molecule has 128 valence electrons. The summed E-state index contributed by atoms with van der Waals surface area (Å²) in [6.07, 6.45) is 4.55. The van der Waals surface area contributed by atoms with Crippen molar-refractivity contribution < 1.29 is 4.79 Å². The molecule has 1 aliphatic heterocycles. The highest BCUT2D eigenvalue weighted by Crippen LogP contribution is 2.23. The number of rotatable bonds is 5. The SMILES string of the molecule is O=C(CCCCc1nc2ccccc2s1)N1CCc2ccccc2C1. The summed E-state index contributed by atoms with van der Waals surface area (Å²) in [6, 6.07) is 16.7. The number of amides is 1. The number of hydrogen-bond donors (Lipinski definition) is 0. The van der Waals surface area contributed by atoms with Crippen LogP contribution in [-0.2, 0) is 24.2 Å². The van der Waals surface area contributed by atoms with Gasteiger partial charge < -0.3 is 4.90 Å². The van der Waals surface area contributed by atoms with E-state index in [4.69, 9.17) is 0 Å². The summed E-state index contributed by atoms with van der Waals surface area (Å²) < 4.78 is 1.25. The minimum absolute atomic E-state index is 0.291. The molecule has 1 amide bonds. The number of fused-ring (bicyclic) bond motifs is 2. The Bertz CT molecular complexity index is 853. The van der Waals surface area contributed by atoms with Crippen LogP contribution in [0.5, 0.6) is 0 Å². The summed E-state index contributed by atoms with van der Waals surface area (Å²) in [5.74, 6) is 0.291. The van der Waals surface area contributed by atoms with Gasteiger partial charge in [-0.05, 0) is 48.9 Å². The van der Waals surface area contributed by atoms with Crippen molar-refractivity contribution in [1.29, 1.82) is 0 Å². The fraction of sp³-hybridized carbons (Fsp3) is 0.333. The van der Waals surface area contributed by atoms with Crippen molar-refractivity contribution in [2.75, 3.05) is 6.54 Å². The molecule has 2 heterocycles. The lowest BCUT2D eigenvalue weighted by Gasteiger charge is -2.29. The molecule has 0 fully saturated rings. The number of thiazole rings is 1. The van der Waals surface area contributed by atoms with E-state index in [0.29, 0.717) is 12.3 Å². The molecule has 3 aromatic rings. The van der Waals surface area contributed by atoms with Crippen molar-refractivity contribution >= 4 is 27.5 Å². The number of para-hydroxylation sites is 1. The highest BCUT2D eigenvalue weighted by atomic mass is 32.1. The first-order valence-corrected chi connectivity index (χ1v) is 9.80. The number of carbonyl (C=O) groups is 1. The van der Waals surface area contributed by atoms with Crippen LogP contribution >= 0.6 is 11.3 Å². The second kappa shape index (κ2) is 7.36. The fourth-order valence-electron chi connectivity index (χ4n) is 3.45. The first kappa shape index (κ1) is 16.3. The molecule has 3 nitrogen and oxygen atoms in total. The van der Waals surface area contributed by atoms with Crippen molar-refractivity contribution in [3.05, 3.63) is 64.7 Å². The third-order valence-corrected chi connectivity index (χ3v) is 5.95. The molecule has 2 aromatic carbocycles. The van der Waals surface area contributed by atoms with E-state index >= 15 is 0 Å².